The van der Waals surface area contributed by atoms with Crippen LogP contribution in [0, 0.1) is 6.92 Å². The van der Waals surface area contributed by atoms with Crippen molar-refractivity contribution in [2.75, 3.05) is 27.7 Å². The Labute approximate surface area is 104 Å². The molecule has 3 heteroatoms. The van der Waals surface area contributed by atoms with Crippen molar-refractivity contribution in [2.45, 2.75) is 19.8 Å². The summed E-state index contributed by atoms with van der Waals surface area (Å²) in [4.78, 5) is 11.7. The van der Waals surface area contributed by atoms with Crippen LogP contribution in [0.15, 0.2) is 24.3 Å². The van der Waals surface area contributed by atoms with E-state index in [1.807, 2.05) is 33.3 Å². The van der Waals surface area contributed by atoms with E-state index in [4.69, 9.17) is 0 Å². The molecule has 0 saturated carbocycles. The van der Waals surface area contributed by atoms with Crippen molar-refractivity contribution < 1.29 is 9.39 Å². The Morgan fingerprint density at radius 2 is 1.76 bits per heavy atom. The number of hydrogen-bond acceptors (Lipinski definition) is 2. The molecule has 0 aliphatic heterocycles. The van der Waals surface area contributed by atoms with Gasteiger partial charge in [-0.05, 0) is 19.4 Å². The molecule has 0 saturated heterocycles. The lowest BCUT2D eigenvalue weighted by atomic mass is 9.95. The van der Waals surface area contributed by atoms with Crippen LogP contribution in [0.4, 0.5) is 0 Å². The second-order valence-electron chi connectivity index (χ2n) is 5.45. The molecule has 94 valence electrons. The lowest BCUT2D eigenvalue weighted by Crippen LogP contribution is -2.50. The minimum absolute atomic E-state index is 0.0621. The van der Waals surface area contributed by atoms with Crippen molar-refractivity contribution in [1.82, 2.24) is 5.43 Å². The van der Waals surface area contributed by atoms with Gasteiger partial charge < -0.3 is 0 Å². The Morgan fingerprint density at radius 1 is 1.24 bits per heavy atom. The predicted octanol–water partition coefficient (Wildman–Crippen LogP) is 1.88. The number of Topliss-reactive ketones (excluding diaryl/α,β-unsaturated/α-hetero) is 1. The van der Waals surface area contributed by atoms with Gasteiger partial charge >= 0.3 is 0 Å². The largest absolute Gasteiger partial charge is 0.299 e. The van der Waals surface area contributed by atoms with Crippen LogP contribution in [-0.2, 0) is 4.79 Å². The van der Waals surface area contributed by atoms with Gasteiger partial charge in [0.1, 0.15) is 5.78 Å². The van der Waals surface area contributed by atoms with E-state index in [9.17, 15) is 4.79 Å². The molecule has 0 amide bonds. The van der Waals surface area contributed by atoms with E-state index < -0.39 is 0 Å². The highest BCUT2D eigenvalue weighted by molar-refractivity contribution is 5.83. The van der Waals surface area contributed by atoms with Crippen molar-refractivity contribution in [3.05, 3.63) is 35.4 Å². The summed E-state index contributed by atoms with van der Waals surface area (Å²) in [5.74, 6) is 0.141. The van der Waals surface area contributed by atoms with Crippen LogP contribution < -0.4 is 5.43 Å². The summed E-state index contributed by atoms with van der Waals surface area (Å²) in [6.45, 7) is 4.38. The smallest absolute Gasteiger partial charge is 0.138 e. The van der Waals surface area contributed by atoms with Crippen LogP contribution in [0.2, 0.25) is 0 Å². The Kier molecular flexibility index (Phi) is 4.43. The molecule has 1 atom stereocenters. The van der Waals surface area contributed by atoms with Gasteiger partial charge in [-0.3, -0.25) is 9.39 Å². The zero-order valence-electron chi connectivity index (χ0n) is 11.4. The molecule has 1 aromatic carbocycles. The monoisotopic (exact) mass is 235 g/mol. The maximum atomic E-state index is 11.7. The summed E-state index contributed by atoms with van der Waals surface area (Å²) >= 11 is 0. The Balaban J connectivity index is 2.79. The second kappa shape index (κ2) is 5.43. The molecule has 0 aliphatic carbocycles. The number of ketones is 1. The molecule has 3 nitrogen and oxygen atoms in total. The van der Waals surface area contributed by atoms with Crippen molar-refractivity contribution >= 4 is 5.78 Å². The Bertz CT molecular complexity index is 376. The summed E-state index contributed by atoms with van der Waals surface area (Å²) in [7, 11) is 6.14. The van der Waals surface area contributed by atoms with Crippen LogP contribution in [0.25, 0.3) is 0 Å². The number of quaternary nitrogens is 1. The van der Waals surface area contributed by atoms with Gasteiger partial charge in [0.05, 0.1) is 33.6 Å². The van der Waals surface area contributed by atoms with E-state index in [0.717, 1.165) is 5.56 Å². The highest BCUT2D eigenvalue weighted by Crippen LogP contribution is 2.17. The van der Waals surface area contributed by atoms with E-state index >= 15 is 0 Å². The molecule has 1 rings (SSSR count). The normalized spacial score (nSPS) is 13.5. The highest BCUT2D eigenvalue weighted by Gasteiger charge is 2.19. The van der Waals surface area contributed by atoms with Crippen molar-refractivity contribution in [2.24, 2.45) is 0 Å². The molecule has 0 fully saturated rings. The SMILES string of the molecule is CC(=O)C(CN[N+](C)(C)C)c1ccc(C)cc1. The van der Waals surface area contributed by atoms with E-state index in [1.54, 1.807) is 6.92 Å². The molecule has 17 heavy (non-hydrogen) atoms. The molecule has 0 radical (unpaired) electrons. The Hall–Kier alpha value is -1.19. The van der Waals surface area contributed by atoms with Gasteiger partial charge in [0.2, 0.25) is 0 Å². The number of rotatable bonds is 5. The third-order valence-electron chi connectivity index (χ3n) is 2.74. The van der Waals surface area contributed by atoms with Crippen LogP contribution >= 0.6 is 0 Å². The topological polar surface area (TPSA) is 29.1 Å². The van der Waals surface area contributed by atoms with Crippen LogP contribution in [0.1, 0.15) is 24.0 Å². The number of hydrogen-bond donors (Lipinski definition) is 1. The highest BCUT2D eigenvalue weighted by atomic mass is 16.1. The number of nitrogens with zero attached hydrogens (tertiary/aromatic N) is 1. The first kappa shape index (κ1) is 13.9. The lowest BCUT2D eigenvalue weighted by Gasteiger charge is -2.26. The van der Waals surface area contributed by atoms with Crippen LogP contribution in [-0.4, -0.2) is 38.1 Å². The molecule has 0 heterocycles. The van der Waals surface area contributed by atoms with Gasteiger partial charge in [0.25, 0.3) is 0 Å². The molecule has 1 unspecified atom stereocenters. The van der Waals surface area contributed by atoms with E-state index in [2.05, 4.69) is 24.5 Å². The van der Waals surface area contributed by atoms with Crippen molar-refractivity contribution in [1.29, 1.82) is 0 Å². The summed E-state index contributed by atoms with van der Waals surface area (Å²) in [5, 5.41) is 0. The second-order valence-corrected chi connectivity index (χ2v) is 5.45. The zero-order valence-corrected chi connectivity index (χ0v) is 11.4. The molecule has 1 N–H and O–H groups in total. The third kappa shape index (κ3) is 4.67. The maximum absolute atomic E-state index is 11.7. The average molecular weight is 235 g/mol. The van der Waals surface area contributed by atoms with E-state index in [0.29, 0.717) is 11.1 Å². The van der Waals surface area contributed by atoms with Crippen LogP contribution in [0.5, 0.6) is 0 Å². The number of benzene rings is 1. The number of aryl methyl sites for hydroxylation is 1. The quantitative estimate of drug-likeness (QED) is 0.623. The first-order chi connectivity index (χ1) is 7.79. The standard InChI is InChI=1S/C14H23N2O/c1-11-6-8-13(9-7-11)14(12(2)17)10-15-16(3,4)5/h6-9,14-15H,10H2,1-5H3/q+1. The van der Waals surface area contributed by atoms with Gasteiger partial charge in [-0.1, -0.05) is 29.8 Å². The van der Waals surface area contributed by atoms with Crippen molar-refractivity contribution in [3.63, 3.8) is 0 Å². The first-order valence-electron chi connectivity index (χ1n) is 5.93. The maximum Gasteiger partial charge on any atom is 0.138 e. The first-order valence-corrected chi connectivity index (χ1v) is 5.93. The minimum atomic E-state index is -0.0621. The summed E-state index contributed by atoms with van der Waals surface area (Å²) in [6.07, 6.45) is 0. The molecule has 0 bridgehead atoms. The van der Waals surface area contributed by atoms with Crippen molar-refractivity contribution in [3.8, 4) is 0 Å². The van der Waals surface area contributed by atoms with E-state index in [1.165, 1.54) is 5.56 Å². The summed E-state index contributed by atoms with van der Waals surface area (Å²) in [5.41, 5.74) is 5.64. The minimum Gasteiger partial charge on any atom is -0.299 e. The van der Waals surface area contributed by atoms with Gasteiger partial charge in [0.15, 0.2) is 0 Å². The number of nitrogens with one attached hydrogen (secondary N) is 1. The van der Waals surface area contributed by atoms with Crippen LogP contribution in [0.3, 0.4) is 0 Å². The predicted molar refractivity (Wildman–Crippen MR) is 70.6 cm³/mol. The van der Waals surface area contributed by atoms with Gasteiger partial charge in [-0.2, -0.15) is 5.43 Å². The molecular weight excluding hydrogens is 212 g/mol. The zero-order chi connectivity index (χ0) is 13.1. The Morgan fingerprint density at radius 3 is 2.18 bits per heavy atom. The fourth-order valence-electron chi connectivity index (χ4n) is 1.66. The molecule has 1 aromatic rings. The summed E-state index contributed by atoms with van der Waals surface area (Å²) in [6, 6.07) is 8.19. The fourth-order valence-corrected chi connectivity index (χ4v) is 1.66. The number of carbonyl (C=O) groups is 1. The van der Waals surface area contributed by atoms with Gasteiger partial charge in [-0.15, -0.1) is 0 Å². The fraction of sp³-hybridized carbons (Fsp3) is 0.500. The van der Waals surface area contributed by atoms with Gasteiger partial charge in [0, 0.05) is 0 Å². The molecule has 0 spiro atoms. The molecule has 0 aromatic heterocycles. The third-order valence-corrected chi connectivity index (χ3v) is 2.74. The lowest BCUT2D eigenvalue weighted by molar-refractivity contribution is -0.915. The summed E-state index contributed by atoms with van der Waals surface area (Å²) < 4.78 is 0.648. The average Bonchev–Trinajstić information content (AvgIpc) is 2.18. The number of carbonyl (C=O) groups excluding carboxylic acids is 1. The molecular formula is C14H23N2O+. The van der Waals surface area contributed by atoms with Gasteiger partial charge in [-0.25, -0.2) is 0 Å². The molecule has 0 aliphatic rings. The van der Waals surface area contributed by atoms with E-state index in [-0.39, 0.29) is 11.7 Å².